The molecule has 1 saturated carbocycles. The zero-order valence-electron chi connectivity index (χ0n) is 11.0. The van der Waals surface area contributed by atoms with E-state index >= 15 is 0 Å². The Kier molecular flexibility index (Phi) is 3.91. The monoisotopic (exact) mass is 278 g/mol. The highest BCUT2D eigenvalue weighted by atomic mass is 32.1. The predicted octanol–water partition coefficient (Wildman–Crippen LogP) is 2.00. The van der Waals surface area contributed by atoms with Crippen LogP contribution in [0.25, 0.3) is 0 Å². The molecule has 0 aliphatic heterocycles. The summed E-state index contributed by atoms with van der Waals surface area (Å²) in [5.74, 6) is 0. The van der Waals surface area contributed by atoms with Crippen LogP contribution in [0.5, 0.6) is 0 Å². The van der Waals surface area contributed by atoms with Crippen molar-refractivity contribution in [2.45, 2.75) is 24.9 Å². The molecule has 1 aliphatic rings. The third-order valence-corrected chi connectivity index (χ3v) is 4.13. The Morgan fingerprint density at radius 2 is 2.47 bits per heavy atom. The van der Waals surface area contributed by atoms with Crippen LogP contribution in [-0.2, 0) is 4.74 Å². The second-order valence-electron chi connectivity index (χ2n) is 4.71. The molecule has 0 amide bonds. The first kappa shape index (κ1) is 12.8. The summed E-state index contributed by atoms with van der Waals surface area (Å²) in [6.45, 7) is 1.50. The molecule has 0 aromatic carbocycles. The first-order valence-corrected chi connectivity index (χ1v) is 7.41. The van der Waals surface area contributed by atoms with E-state index in [4.69, 9.17) is 4.74 Å². The first-order chi connectivity index (χ1) is 9.40. The molecule has 2 heterocycles. The van der Waals surface area contributed by atoms with Crippen LogP contribution in [0.3, 0.4) is 0 Å². The summed E-state index contributed by atoms with van der Waals surface area (Å²) in [6.07, 6.45) is 8.25. The van der Waals surface area contributed by atoms with Gasteiger partial charge >= 0.3 is 0 Å². The molecule has 3 rings (SSSR count). The molecule has 1 atom stereocenters. The van der Waals surface area contributed by atoms with Crippen LogP contribution in [-0.4, -0.2) is 34.8 Å². The van der Waals surface area contributed by atoms with Crippen molar-refractivity contribution >= 4 is 11.3 Å². The molecule has 6 heteroatoms. The molecular weight excluding hydrogens is 260 g/mol. The minimum absolute atomic E-state index is 0.109. The highest BCUT2D eigenvalue weighted by Crippen LogP contribution is 2.38. The van der Waals surface area contributed by atoms with Gasteiger partial charge in [-0.2, -0.15) is 0 Å². The van der Waals surface area contributed by atoms with Crippen LogP contribution in [0.4, 0.5) is 0 Å². The maximum atomic E-state index is 5.12. The van der Waals surface area contributed by atoms with Gasteiger partial charge in [0.2, 0.25) is 0 Å². The molecule has 2 aromatic rings. The number of hydrogen-bond acceptors (Lipinski definition) is 5. The van der Waals surface area contributed by atoms with Gasteiger partial charge < -0.3 is 14.6 Å². The lowest BCUT2D eigenvalue weighted by atomic mass is 10.2. The summed E-state index contributed by atoms with van der Waals surface area (Å²) < 4.78 is 7.40. The number of nitrogens with one attached hydrogen (secondary N) is 1. The van der Waals surface area contributed by atoms with Gasteiger partial charge in [0.1, 0.15) is 11.0 Å². The molecule has 5 nitrogen and oxygen atoms in total. The van der Waals surface area contributed by atoms with E-state index in [1.165, 1.54) is 18.5 Å². The van der Waals surface area contributed by atoms with Gasteiger partial charge in [-0.05, 0) is 12.8 Å². The Labute approximate surface area is 116 Å². The fourth-order valence-electron chi connectivity index (χ4n) is 2.20. The lowest BCUT2D eigenvalue weighted by molar-refractivity contribution is 0.197. The second kappa shape index (κ2) is 5.81. The van der Waals surface area contributed by atoms with Crippen LogP contribution in [0.1, 0.15) is 35.6 Å². The van der Waals surface area contributed by atoms with E-state index in [9.17, 15) is 0 Å². The largest absolute Gasteiger partial charge is 0.383 e. The summed E-state index contributed by atoms with van der Waals surface area (Å²) in [5.41, 5.74) is 1.20. The minimum atomic E-state index is 0.109. The van der Waals surface area contributed by atoms with Crippen LogP contribution < -0.4 is 5.32 Å². The standard InChI is InChI=1S/C13H18N4OS/c1-18-6-4-15-12(13-16-5-7-19-13)11-8-14-9-17(11)10-2-3-10/h5,7-10,12,15H,2-4,6H2,1H3. The summed E-state index contributed by atoms with van der Waals surface area (Å²) in [4.78, 5) is 8.76. The van der Waals surface area contributed by atoms with Crippen LogP contribution >= 0.6 is 11.3 Å². The van der Waals surface area contributed by atoms with E-state index < -0.39 is 0 Å². The average molecular weight is 278 g/mol. The van der Waals surface area contributed by atoms with Gasteiger partial charge in [-0.15, -0.1) is 11.3 Å². The highest BCUT2D eigenvalue weighted by Gasteiger charge is 2.29. The molecule has 1 unspecified atom stereocenters. The molecular formula is C13H18N4OS. The Bertz CT molecular complexity index is 506. The number of hydrogen-bond donors (Lipinski definition) is 1. The van der Waals surface area contributed by atoms with E-state index in [1.807, 2.05) is 24.1 Å². The van der Waals surface area contributed by atoms with E-state index in [0.29, 0.717) is 12.6 Å². The van der Waals surface area contributed by atoms with Crippen molar-refractivity contribution in [3.8, 4) is 0 Å². The third-order valence-electron chi connectivity index (χ3n) is 3.29. The number of aromatic nitrogens is 3. The van der Waals surface area contributed by atoms with Crippen LogP contribution in [0.15, 0.2) is 24.1 Å². The zero-order chi connectivity index (χ0) is 13.1. The predicted molar refractivity (Wildman–Crippen MR) is 74.3 cm³/mol. The smallest absolute Gasteiger partial charge is 0.116 e. The SMILES string of the molecule is COCCNC(c1nccs1)c1cncn1C1CC1. The van der Waals surface area contributed by atoms with Crippen LogP contribution in [0.2, 0.25) is 0 Å². The fourth-order valence-corrected chi connectivity index (χ4v) is 2.92. The lowest BCUT2D eigenvalue weighted by Gasteiger charge is -2.18. The fraction of sp³-hybridized carbons (Fsp3) is 0.538. The number of imidazole rings is 1. The number of nitrogens with zero attached hydrogens (tertiary/aromatic N) is 3. The Hall–Kier alpha value is -1.24. The van der Waals surface area contributed by atoms with Crippen molar-refractivity contribution in [2.75, 3.05) is 20.3 Å². The van der Waals surface area contributed by atoms with Crippen molar-refractivity contribution in [3.63, 3.8) is 0 Å². The minimum Gasteiger partial charge on any atom is -0.383 e. The molecule has 0 saturated heterocycles. The van der Waals surface area contributed by atoms with Gasteiger partial charge in [0.15, 0.2) is 0 Å². The second-order valence-corrected chi connectivity index (χ2v) is 5.63. The van der Waals surface area contributed by atoms with E-state index in [1.54, 1.807) is 18.4 Å². The van der Waals surface area contributed by atoms with Gasteiger partial charge in [0, 0.05) is 31.3 Å². The number of rotatable bonds is 7. The first-order valence-electron chi connectivity index (χ1n) is 6.53. The highest BCUT2D eigenvalue weighted by molar-refractivity contribution is 7.09. The summed E-state index contributed by atoms with van der Waals surface area (Å²) in [5, 5.41) is 6.60. The molecule has 1 N–H and O–H groups in total. The maximum Gasteiger partial charge on any atom is 0.116 e. The normalized spacial score (nSPS) is 16.7. The van der Waals surface area contributed by atoms with E-state index in [2.05, 4.69) is 19.9 Å². The van der Waals surface area contributed by atoms with Crippen molar-refractivity contribution < 1.29 is 4.74 Å². The van der Waals surface area contributed by atoms with Crippen molar-refractivity contribution in [1.82, 2.24) is 19.9 Å². The molecule has 0 radical (unpaired) electrons. The lowest BCUT2D eigenvalue weighted by Crippen LogP contribution is -2.27. The molecule has 2 aromatic heterocycles. The molecule has 0 spiro atoms. The summed E-state index contributed by atoms with van der Waals surface area (Å²) in [6, 6.07) is 0.738. The van der Waals surface area contributed by atoms with Gasteiger partial charge in [0.05, 0.1) is 24.8 Å². The van der Waals surface area contributed by atoms with Gasteiger partial charge in [-0.1, -0.05) is 0 Å². The number of methoxy groups -OCH3 is 1. The summed E-state index contributed by atoms with van der Waals surface area (Å²) in [7, 11) is 1.72. The number of thiazole rings is 1. The van der Waals surface area contributed by atoms with E-state index in [0.717, 1.165) is 11.6 Å². The third kappa shape index (κ3) is 2.86. The van der Waals surface area contributed by atoms with Crippen molar-refractivity contribution in [2.24, 2.45) is 0 Å². The summed E-state index contributed by atoms with van der Waals surface area (Å²) >= 11 is 1.67. The van der Waals surface area contributed by atoms with Gasteiger partial charge in [0.25, 0.3) is 0 Å². The van der Waals surface area contributed by atoms with E-state index in [-0.39, 0.29) is 6.04 Å². The topological polar surface area (TPSA) is 52.0 Å². The Morgan fingerprint density at radius 3 is 3.16 bits per heavy atom. The van der Waals surface area contributed by atoms with Crippen LogP contribution in [0, 0.1) is 0 Å². The van der Waals surface area contributed by atoms with Crippen molar-refractivity contribution in [1.29, 1.82) is 0 Å². The Morgan fingerprint density at radius 1 is 1.58 bits per heavy atom. The maximum absolute atomic E-state index is 5.12. The van der Waals surface area contributed by atoms with Crippen molar-refractivity contribution in [3.05, 3.63) is 34.8 Å². The molecule has 19 heavy (non-hydrogen) atoms. The average Bonchev–Trinajstić information content (AvgIpc) is 2.94. The molecule has 1 aliphatic carbocycles. The van der Waals surface area contributed by atoms with Gasteiger partial charge in [-0.25, -0.2) is 9.97 Å². The molecule has 102 valence electrons. The Balaban J connectivity index is 1.83. The molecule has 0 bridgehead atoms. The quantitative estimate of drug-likeness (QED) is 0.787. The van der Waals surface area contributed by atoms with Gasteiger partial charge in [-0.3, -0.25) is 0 Å². The zero-order valence-corrected chi connectivity index (χ0v) is 11.8. The molecule has 1 fully saturated rings. The number of ether oxygens (including phenoxy) is 1.